The van der Waals surface area contributed by atoms with Gasteiger partial charge in [-0.2, -0.15) is 17.0 Å². The molecule has 0 aliphatic heterocycles. The van der Waals surface area contributed by atoms with E-state index in [1.54, 1.807) is 25.4 Å². The number of hydrogen-bond acceptors (Lipinski definition) is 8. The number of carbonyl (C=O) groups is 2. The lowest BCUT2D eigenvalue weighted by atomic mass is 10.1. The summed E-state index contributed by atoms with van der Waals surface area (Å²) in [5.74, 6) is 0.863. The largest absolute Gasteiger partial charge is 0.467 e. The van der Waals surface area contributed by atoms with Crippen molar-refractivity contribution >= 4 is 29.3 Å². The summed E-state index contributed by atoms with van der Waals surface area (Å²) in [6.07, 6.45) is 5.70. The number of thioether (sulfide) groups is 1. The first-order valence-corrected chi connectivity index (χ1v) is 14.1. The Balaban J connectivity index is 0.00000103. The highest BCUT2D eigenvalue weighted by atomic mass is 32.2. The molecule has 4 rings (SSSR count). The Kier molecular flexibility index (Phi) is 11.4. The average Bonchev–Trinajstić information content (AvgIpc) is 3.66. The van der Waals surface area contributed by atoms with Gasteiger partial charge in [0.15, 0.2) is 5.76 Å². The van der Waals surface area contributed by atoms with Crippen LogP contribution in [0.3, 0.4) is 0 Å². The fourth-order valence-electron chi connectivity index (χ4n) is 3.58. The molecule has 2 N–H and O–H groups in total. The molecular weight excluding hydrogens is 526 g/mol. The van der Waals surface area contributed by atoms with Gasteiger partial charge in [0, 0.05) is 24.0 Å². The number of methoxy groups -OCH3 is 1. The summed E-state index contributed by atoms with van der Waals surface area (Å²) in [6.45, 7) is 4.93. The van der Waals surface area contributed by atoms with Gasteiger partial charge >= 0.3 is 5.97 Å². The average molecular weight is 560 g/mol. The molecule has 0 aliphatic carbocycles. The number of nitrogens with one attached hydrogen (secondary N) is 2. The van der Waals surface area contributed by atoms with Crippen molar-refractivity contribution in [3.05, 3.63) is 95.8 Å². The number of rotatable bonds is 10. The predicted octanol–water partition coefficient (Wildman–Crippen LogP) is 5.34. The zero-order valence-electron chi connectivity index (χ0n) is 23.0. The summed E-state index contributed by atoms with van der Waals surface area (Å²) in [5.41, 5.74) is 4.47. The Labute approximate surface area is 238 Å². The molecule has 0 radical (unpaired) electrons. The molecule has 0 unspecified atom stereocenters. The maximum absolute atomic E-state index is 12.3. The van der Waals surface area contributed by atoms with E-state index in [1.807, 2.05) is 66.5 Å². The second kappa shape index (κ2) is 15.2. The minimum atomic E-state index is -0.776. The first kappa shape index (κ1) is 30.1. The van der Waals surface area contributed by atoms with E-state index in [4.69, 9.17) is 9.68 Å². The predicted molar refractivity (Wildman–Crippen MR) is 157 cm³/mol. The van der Waals surface area contributed by atoms with E-state index in [1.165, 1.54) is 12.9 Å². The number of amides is 1. The van der Waals surface area contributed by atoms with Crippen LogP contribution in [0, 0.1) is 11.3 Å². The van der Waals surface area contributed by atoms with Crippen LogP contribution >= 0.6 is 11.8 Å². The number of aromatic nitrogens is 2. The van der Waals surface area contributed by atoms with E-state index >= 15 is 0 Å². The summed E-state index contributed by atoms with van der Waals surface area (Å²) in [5, 5.41) is 14.9. The van der Waals surface area contributed by atoms with Gasteiger partial charge in [0.2, 0.25) is 0 Å². The molecule has 2 aromatic heterocycles. The van der Waals surface area contributed by atoms with Crippen molar-refractivity contribution in [1.29, 1.82) is 5.26 Å². The van der Waals surface area contributed by atoms with Gasteiger partial charge in [0.25, 0.3) is 5.91 Å². The van der Waals surface area contributed by atoms with Gasteiger partial charge in [-0.05, 0) is 73.0 Å². The van der Waals surface area contributed by atoms with Crippen molar-refractivity contribution in [3.8, 4) is 17.4 Å². The van der Waals surface area contributed by atoms with E-state index in [0.717, 1.165) is 22.5 Å². The van der Waals surface area contributed by atoms with Gasteiger partial charge in [-0.3, -0.25) is 4.79 Å². The molecule has 0 spiro atoms. The van der Waals surface area contributed by atoms with Crippen molar-refractivity contribution in [2.45, 2.75) is 33.0 Å². The third-order valence-electron chi connectivity index (χ3n) is 5.90. The fourth-order valence-corrected chi connectivity index (χ4v) is 3.58. The molecule has 1 amide bonds. The molecule has 2 heterocycles. The van der Waals surface area contributed by atoms with Crippen LogP contribution in [0.2, 0.25) is 0 Å². The zero-order valence-corrected chi connectivity index (χ0v) is 23.8. The molecule has 208 valence electrons. The van der Waals surface area contributed by atoms with Crippen LogP contribution in [0.15, 0.2) is 77.6 Å². The van der Waals surface area contributed by atoms with E-state index in [0.29, 0.717) is 24.4 Å². The number of furan rings is 1. The maximum Gasteiger partial charge on any atom is 0.328 e. The van der Waals surface area contributed by atoms with Crippen molar-refractivity contribution < 1.29 is 18.7 Å². The highest BCUT2D eigenvalue weighted by Gasteiger charge is 2.19. The molecule has 10 heteroatoms. The zero-order chi connectivity index (χ0) is 28.9. The SMILES string of the molecule is CCSC.COC(=O)[C@H](C)NC(=O)c1ccc(-c2ccc(NCc3cncn3Cc3ccc(C#N)cc3)cc2)o1. The van der Waals surface area contributed by atoms with Crippen LogP contribution in [0.4, 0.5) is 5.69 Å². The molecule has 0 fully saturated rings. The lowest BCUT2D eigenvalue weighted by molar-refractivity contribution is -0.142. The molecule has 9 nitrogen and oxygen atoms in total. The highest BCUT2D eigenvalue weighted by molar-refractivity contribution is 7.98. The number of hydrogen-bond donors (Lipinski definition) is 2. The van der Waals surface area contributed by atoms with Gasteiger partial charge in [0.1, 0.15) is 11.8 Å². The Morgan fingerprint density at radius 1 is 1.12 bits per heavy atom. The molecule has 1 atom stereocenters. The highest BCUT2D eigenvalue weighted by Crippen LogP contribution is 2.24. The monoisotopic (exact) mass is 559 g/mol. The second-order valence-electron chi connectivity index (χ2n) is 8.71. The number of nitrogens with zero attached hydrogens (tertiary/aromatic N) is 3. The molecule has 4 aromatic rings. The van der Waals surface area contributed by atoms with Crippen molar-refractivity contribution in [1.82, 2.24) is 14.9 Å². The normalized spacial score (nSPS) is 11.0. The molecule has 0 bridgehead atoms. The molecule has 0 aliphatic rings. The third kappa shape index (κ3) is 8.51. The summed E-state index contributed by atoms with van der Waals surface area (Å²) < 4.78 is 12.3. The van der Waals surface area contributed by atoms with Gasteiger partial charge in [-0.1, -0.05) is 19.1 Å². The molecule has 0 saturated heterocycles. The summed E-state index contributed by atoms with van der Waals surface area (Å²) >= 11 is 1.86. The number of benzene rings is 2. The van der Waals surface area contributed by atoms with Crippen LogP contribution < -0.4 is 10.6 Å². The summed E-state index contributed by atoms with van der Waals surface area (Å²) in [4.78, 5) is 28.1. The topological polar surface area (TPSA) is 122 Å². The van der Waals surface area contributed by atoms with Crippen LogP contribution in [0.5, 0.6) is 0 Å². The van der Waals surface area contributed by atoms with Gasteiger partial charge in [-0.15, -0.1) is 0 Å². The quantitative estimate of drug-likeness (QED) is 0.250. The van der Waals surface area contributed by atoms with Crippen LogP contribution in [0.1, 0.15) is 41.2 Å². The van der Waals surface area contributed by atoms with E-state index in [2.05, 4.69) is 44.2 Å². The van der Waals surface area contributed by atoms with Gasteiger partial charge in [0.05, 0.1) is 37.3 Å². The fraction of sp³-hybridized carbons (Fsp3) is 0.267. The number of ether oxygens (including phenoxy) is 1. The minimum Gasteiger partial charge on any atom is -0.467 e. The van der Waals surface area contributed by atoms with Crippen molar-refractivity contribution in [2.75, 3.05) is 24.4 Å². The third-order valence-corrected chi connectivity index (χ3v) is 6.48. The van der Waals surface area contributed by atoms with E-state index in [-0.39, 0.29) is 5.76 Å². The minimum absolute atomic E-state index is 0.110. The Hall–Kier alpha value is -4.49. The molecule has 40 heavy (non-hydrogen) atoms. The van der Waals surface area contributed by atoms with Gasteiger partial charge in [-0.25, -0.2) is 9.78 Å². The van der Waals surface area contributed by atoms with Crippen molar-refractivity contribution in [2.24, 2.45) is 0 Å². The molecule has 0 saturated carbocycles. The Morgan fingerprint density at radius 3 is 2.45 bits per heavy atom. The van der Waals surface area contributed by atoms with Crippen LogP contribution in [-0.2, 0) is 22.6 Å². The Bertz CT molecular complexity index is 1420. The lowest BCUT2D eigenvalue weighted by Crippen LogP contribution is -2.38. The van der Waals surface area contributed by atoms with Crippen LogP contribution in [0.25, 0.3) is 11.3 Å². The summed E-state index contributed by atoms with van der Waals surface area (Å²) in [7, 11) is 1.26. The first-order valence-electron chi connectivity index (χ1n) is 12.7. The first-order chi connectivity index (χ1) is 19.4. The lowest BCUT2D eigenvalue weighted by Gasteiger charge is -2.11. The summed E-state index contributed by atoms with van der Waals surface area (Å²) in [6, 6.07) is 19.8. The van der Waals surface area contributed by atoms with E-state index < -0.39 is 17.9 Å². The number of nitriles is 1. The molecular formula is C30H33N5O4S. The van der Waals surface area contributed by atoms with Crippen LogP contribution in [-0.4, -0.2) is 46.6 Å². The second-order valence-corrected chi connectivity index (χ2v) is 9.87. The number of anilines is 1. The van der Waals surface area contributed by atoms with Crippen molar-refractivity contribution in [3.63, 3.8) is 0 Å². The number of esters is 1. The number of carbonyl (C=O) groups excluding carboxylic acids is 2. The van der Waals surface area contributed by atoms with E-state index in [9.17, 15) is 9.59 Å². The standard InChI is InChI=1S/C27H25N5O4.C3H8S/c1-18(27(34)35-2)31-26(33)25-12-11-24(36-25)21-7-9-22(10-8-21)30-15-23-14-29-17-32(23)16-20-5-3-19(13-28)4-6-20;1-3-4-2/h3-12,14,17-18,30H,15-16H2,1-2H3,(H,31,33);3H2,1-2H3/t18-;/m0./s1. The smallest absolute Gasteiger partial charge is 0.328 e. The Morgan fingerprint density at radius 2 is 1.82 bits per heavy atom. The van der Waals surface area contributed by atoms with Gasteiger partial charge < -0.3 is 24.4 Å². The molecule has 2 aromatic carbocycles. The maximum atomic E-state index is 12.3. The number of imidazole rings is 1.